The maximum atomic E-state index is 12.7. The summed E-state index contributed by atoms with van der Waals surface area (Å²) in [5.41, 5.74) is 2.47. The van der Waals surface area contributed by atoms with E-state index in [1.807, 2.05) is 12.1 Å². The Balaban J connectivity index is 1.09. The number of aliphatic hydroxyl groups excluding tert-OH is 1. The van der Waals surface area contributed by atoms with E-state index in [9.17, 15) is 23.9 Å². The molecule has 3 aliphatic rings. The first kappa shape index (κ1) is 33.3. The highest BCUT2D eigenvalue weighted by Crippen LogP contribution is 2.32. The third-order valence-corrected chi connectivity index (χ3v) is 8.97. The SMILES string of the molecule is COc1nc(Nc2nccc(-c3ccc(OC4CCN(C(=O)[C@H](O)C(F)F)CC4)c(C#N)c3)n2)ccc1N1CCN(C2COC2)[C@@H](C)C1. The monoisotopic (exact) mass is 664 g/mol. The molecule has 3 aliphatic heterocycles. The summed E-state index contributed by atoms with van der Waals surface area (Å²) in [6.07, 6.45) is -3.42. The second-order valence-electron chi connectivity index (χ2n) is 12.1. The number of hydrogen-bond acceptors (Lipinski definition) is 12. The van der Waals surface area contributed by atoms with E-state index < -0.39 is 18.4 Å². The number of piperidine rings is 1. The summed E-state index contributed by atoms with van der Waals surface area (Å²) >= 11 is 0. The van der Waals surface area contributed by atoms with Gasteiger partial charge in [-0.3, -0.25) is 9.69 Å². The van der Waals surface area contributed by atoms with Crippen molar-refractivity contribution in [1.29, 1.82) is 5.26 Å². The molecule has 2 aromatic heterocycles. The van der Waals surface area contributed by atoms with Crippen LogP contribution >= 0.6 is 0 Å². The molecule has 13 nitrogen and oxygen atoms in total. The molecule has 1 amide bonds. The predicted molar refractivity (Wildman–Crippen MR) is 171 cm³/mol. The largest absolute Gasteiger partial charge is 0.489 e. The number of ether oxygens (including phenoxy) is 3. The summed E-state index contributed by atoms with van der Waals surface area (Å²) in [7, 11) is 1.60. The summed E-state index contributed by atoms with van der Waals surface area (Å²) in [4.78, 5) is 31.7. The van der Waals surface area contributed by atoms with Crippen LogP contribution in [0, 0.1) is 11.3 Å². The zero-order valence-corrected chi connectivity index (χ0v) is 26.8. The molecule has 3 fully saturated rings. The normalized spacial score (nSPS) is 19.8. The number of rotatable bonds is 10. The summed E-state index contributed by atoms with van der Waals surface area (Å²) in [6, 6.07) is 13.8. The average molecular weight is 665 g/mol. The van der Waals surface area contributed by atoms with Crippen LogP contribution in [0.1, 0.15) is 25.3 Å². The molecule has 0 radical (unpaired) electrons. The van der Waals surface area contributed by atoms with Gasteiger partial charge in [0.15, 0.2) is 6.10 Å². The highest BCUT2D eigenvalue weighted by atomic mass is 19.3. The van der Waals surface area contributed by atoms with Crippen LogP contribution in [0.3, 0.4) is 0 Å². The van der Waals surface area contributed by atoms with Gasteiger partial charge >= 0.3 is 0 Å². The van der Waals surface area contributed by atoms with Crippen molar-refractivity contribution in [2.24, 2.45) is 0 Å². The zero-order valence-electron chi connectivity index (χ0n) is 26.8. The van der Waals surface area contributed by atoms with Gasteiger partial charge in [-0.25, -0.2) is 18.7 Å². The molecule has 2 atom stereocenters. The van der Waals surface area contributed by atoms with Gasteiger partial charge in [0.25, 0.3) is 12.3 Å². The number of amides is 1. The van der Waals surface area contributed by atoms with E-state index in [0.717, 1.165) is 38.5 Å². The Morgan fingerprint density at radius 1 is 1.12 bits per heavy atom. The van der Waals surface area contributed by atoms with Crippen molar-refractivity contribution in [2.75, 3.05) is 63.3 Å². The van der Waals surface area contributed by atoms with E-state index in [1.165, 1.54) is 4.90 Å². The number of benzene rings is 1. The minimum atomic E-state index is -3.13. The molecule has 2 N–H and O–H groups in total. The Hall–Kier alpha value is -4.65. The van der Waals surface area contributed by atoms with Gasteiger partial charge in [0.2, 0.25) is 11.8 Å². The summed E-state index contributed by atoms with van der Waals surface area (Å²) in [5.74, 6) is 0.715. The molecule has 3 saturated heterocycles. The van der Waals surface area contributed by atoms with Gasteiger partial charge in [0.05, 0.1) is 37.6 Å². The Labute approximate surface area is 277 Å². The molecule has 48 heavy (non-hydrogen) atoms. The fourth-order valence-electron chi connectivity index (χ4n) is 6.28. The first-order valence-corrected chi connectivity index (χ1v) is 15.9. The van der Waals surface area contributed by atoms with E-state index in [-0.39, 0.29) is 19.2 Å². The number of hydrogen-bond donors (Lipinski definition) is 2. The van der Waals surface area contributed by atoms with Crippen LogP contribution in [0.2, 0.25) is 0 Å². The van der Waals surface area contributed by atoms with Crippen LogP contribution in [-0.4, -0.2) is 120 Å². The fraction of sp³-hybridized carbons (Fsp3) is 0.485. The van der Waals surface area contributed by atoms with Crippen LogP contribution in [0.15, 0.2) is 42.6 Å². The first-order valence-electron chi connectivity index (χ1n) is 15.9. The van der Waals surface area contributed by atoms with Gasteiger partial charge in [0.1, 0.15) is 29.4 Å². The second-order valence-corrected chi connectivity index (χ2v) is 12.1. The molecule has 0 spiro atoms. The van der Waals surface area contributed by atoms with Crippen molar-refractivity contribution in [2.45, 2.75) is 50.5 Å². The second kappa shape index (κ2) is 14.6. The van der Waals surface area contributed by atoms with E-state index >= 15 is 0 Å². The van der Waals surface area contributed by atoms with Gasteiger partial charge in [0, 0.05) is 63.4 Å². The van der Waals surface area contributed by atoms with Gasteiger partial charge in [-0.1, -0.05) is 0 Å². The number of anilines is 3. The van der Waals surface area contributed by atoms with E-state index in [2.05, 4.69) is 43.1 Å². The molecule has 0 bridgehead atoms. The van der Waals surface area contributed by atoms with E-state index in [0.29, 0.717) is 65.1 Å². The summed E-state index contributed by atoms with van der Waals surface area (Å²) in [6.45, 7) is 6.82. The van der Waals surface area contributed by atoms with Crippen molar-refractivity contribution in [3.63, 3.8) is 0 Å². The topological polar surface area (TPSA) is 149 Å². The number of pyridine rings is 1. The van der Waals surface area contributed by atoms with Crippen LogP contribution in [0.5, 0.6) is 11.6 Å². The number of methoxy groups -OCH3 is 1. The summed E-state index contributed by atoms with van der Waals surface area (Å²) in [5, 5.41) is 22.4. The maximum absolute atomic E-state index is 12.7. The van der Waals surface area contributed by atoms with Crippen molar-refractivity contribution in [3.05, 3.63) is 48.2 Å². The van der Waals surface area contributed by atoms with Gasteiger partial charge in [-0.15, -0.1) is 0 Å². The van der Waals surface area contributed by atoms with Crippen molar-refractivity contribution in [1.82, 2.24) is 24.8 Å². The number of likely N-dealkylation sites (tertiary alicyclic amines) is 1. The summed E-state index contributed by atoms with van der Waals surface area (Å²) < 4.78 is 42.6. The lowest BCUT2D eigenvalue weighted by atomic mass is 10.1. The number of nitrogens with zero attached hydrogens (tertiary/aromatic N) is 7. The number of carbonyl (C=O) groups is 1. The molecule has 5 heterocycles. The van der Waals surface area contributed by atoms with Gasteiger partial charge < -0.3 is 34.4 Å². The lowest BCUT2D eigenvalue weighted by molar-refractivity contribution is -0.150. The molecular formula is C33H38F2N8O5. The zero-order chi connectivity index (χ0) is 33.8. The van der Waals surface area contributed by atoms with Crippen LogP contribution in [-0.2, 0) is 9.53 Å². The van der Waals surface area contributed by atoms with Crippen molar-refractivity contribution >= 4 is 23.4 Å². The smallest absolute Gasteiger partial charge is 0.273 e. The number of carbonyl (C=O) groups excluding carboxylic acids is 1. The average Bonchev–Trinajstić information content (AvgIpc) is 3.08. The molecule has 1 aromatic carbocycles. The first-order chi connectivity index (χ1) is 23.2. The highest BCUT2D eigenvalue weighted by Gasteiger charge is 2.35. The number of piperazine rings is 1. The highest BCUT2D eigenvalue weighted by molar-refractivity contribution is 5.81. The fourth-order valence-corrected chi connectivity index (χ4v) is 6.28. The number of aromatic nitrogens is 3. The maximum Gasteiger partial charge on any atom is 0.273 e. The van der Waals surface area contributed by atoms with Crippen molar-refractivity contribution in [3.8, 4) is 29.0 Å². The number of aliphatic hydroxyl groups is 1. The Kier molecular flexibility index (Phi) is 10.1. The molecule has 0 aliphatic carbocycles. The third kappa shape index (κ3) is 7.25. The Morgan fingerprint density at radius 2 is 1.92 bits per heavy atom. The van der Waals surface area contributed by atoms with Crippen LogP contribution in [0.25, 0.3) is 11.3 Å². The molecule has 3 aromatic rings. The quantitative estimate of drug-likeness (QED) is 0.328. The van der Waals surface area contributed by atoms with Gasteiger partial charge in [-0.05, 0) is 43.3 Å². The molecule has 6 rings (SSSR count). The minimum absolute atomic E-state index is 0.167. The molecule has 254 valence electrons. The number of alkyl halides is 2. The molecular weight excluding hydrogens is 626 g/mol. The molecule has 15 heteroatoms. The molecule has 0 unspecified atom stereocenters. The number of nitrogens with one attached hydrogen (secondary N) is 1. The van der Waals surface area contributed by atoms with E-state index in [4.69, 9.17) is 14.2 Å². The third-order valence-electron chi connectivity index (χ3n) is 8.97. The lowest BCUT2D eigenvalue weighted by Gasteiger charge is -2.47. The standard InChI is InChI=1S/C33H38F2N8O5/c1-20-17-42(13-14-43(20)23-18-47-19-23)26-4-6-28(39-31(26)46-2)40-33-37-10-7-25(38-33)21-3-5-27(22(15-21)16-36)48-24-8-11-41(12-9-24)32(45)29(44)30(34)35/h3-7,10,15,20,23-24,29-30,44H,8-9,11-14,17-19H2,1-2H3,(H,37,38,39,40)/t20-,29+/m0/s1. The Bertz CT molecular complexity index is 1650. The Morgan fingerprint density at radius 3 is 2.58 bits per heavy atom. The predicted octanol–water partition coefficient (Wildman–Crippen LogP) is 3.07. The van der Waals surface area contributed by atoms with Crippen molar-refractivity contribution < 1.29 is 32.9 Å². The van der Waals surface area contributed by atoms with Crippen LogP contribution in [0.4, 0.5) is 26.2 Å². The number of halogens is 2. The molecule has 0 saturated carbocycles. The number of nitriles is 1. The van der Waals surface area contributed by atoms with Gasteiger partial charge in [-0.2, -0.15) is 10.2 Å². The van der Waals surface area contributed by atoms with Crippen LogP contribution < -0.4 is 19.7 Å². The minimum Gasteiger partial charge on any atom is -0.489 e. The lowest BCUT2D eigenvalue weighted by Crippen LogP contribution is -2.60. The van der Waals surface area contributed by atoms with E-state index in [1.54, 1.807) is 37.6 Å².